The van der Waals surface area contributed by atoms with Gasteiger partial charge in [0.2, 0.25) is 0 Å². The number of carbonyl (C=O) groups is 1. The molecular weight excluding hydrogens is 515 g/mol. The predicted octanol–water partition coefficient (Wildman–Crippen LogP) is 6.68. The number of ether oxygens (including phenoxy) is 2. The summed E-state index contributed by atoms with van der Waals surface area (Å²) in [7, 11) is 0. The highest BCUT2D eigenvalue weighted by molar-refractivity contribution is 7.20. The smallest absolute Gasteiger partial charge is 0.408 e. The lowest BCUT2D eigenvalue weighted by Crippen LogP contribution is -2.32. The highest BCUT2D eigenvalue weighted by atomic mass is 35.5. The minimum Gasteiger partial charge on any atom is -0.487 e. The number of halogens is 2. The van der Waals surface area contributed by atoms with Crippen molar-refractivity contribution in [3.63, 3.8) is 0 Å². The molecule has 0 aliphatic carbocycles. The fourth-order valence-electron chi connectivity index (χ4n) is 3.19. The zero-order valence-electron chi connectivity index (χ0n) is 20.4. The van der Waals surface area contributed by atoms with E-state index in [2.05, 4.69) is 32.4 Å². The summed E-state index contributed by atoms with van der Waals surface area (Å²) in [5.74, 6) is 6.73. The molecule has 0 unspecified atom stereocenters. The standard InChI is InChI=1S/C27H24ClFN4O3S/c1-27(2,3)36-26(34)30-11-5-8-20-14-22-24(37-20)25(32-16-31-22)33-19-9-10-23(21(28)13-19)35-15-17-6-4-7-18(29)12-17/h4,6-7,9-10,12-14,16H,11,15H2,1-3H3,(H,30,34)(H,31,32,33). The summed E-state index contributed by atoms with van der Waals surface area (Å²) in [6.07, 6.45) is 0.955. The highest BCUT2D eigenvalue weighted by Crippen LogP contribution is 2.33. The Kier molecular flexibility index (Phi) is 8.11. The second-order valence-electron chi connectivity index (χ2n) is 8.89. The van der Waals surface area contributed by atoms with E-state index in [0.717, 1.165) is 15.1 Å². The maximum atomic E-state index is 13.4. The highest BCUT2D eigenvalue weighted by Gasteiger charge is 2.15. The molecule has 190 valence electrons. The molecule has 0 bridgehead atoms. The van der Waals surface area contributed by atoms with Gasteiger partial charge < -0.3 is 20.1 Å². The molecular formula is C27H24ClFN4O3S. The van der Waals surface area contributed by atoms with Gasteiger partial charge in [0, 0.05) is 5.69 Å². The first kappa shape index (κ1) is 26.2. The molecule has 0 atom stereocenters. The van der Waals surface area contributed by atoms with Crippen molar-refractivity contribution in [2.45, 2.75) is 33.0 Å². The molecule has 2 N–H and O–H groups in total. The van der Waals surface area contributed by atoms with Gasteiger partial charge in [0.15, 0.2) is 5.82 Å². The quantitative estimate of drug-likeness (QED) is 0.266. The second-order valence-corrected chi connectivity index (χ2v) is 10.4. The van der Waals surface area contributed by atoms with Crippen LogP contribution < -0.4 is 15.4 Å². The van der Waals surface area contributed by atoms with Gasteiger partial charge in [-0.15, -0.1) is 11.3 Å². The van der Waals surface area contributed by atoms with Gasteiger partial charge >= 0.3 is 6.09 Å². The van der Waals surface area contributed by atoms with Gasteiger partial charge in [-0.1, -0.05) is 35.6 Å². The molecule has 0 saturated heterocycles. The molecule has 2 aromatic heterocycles. The number of benzene rings is 2. The molecule has 0 aliphatic heterocycles. The Balaban J connectivity index is 1.41. The van der Waals surface area contributed by atoms with Crippen molar-refractivity contribution in [3.05, 3.63) is 76.1 Å². The number of thiophene rings is 1. The van der Waals surface area contributed by atoms with Gasteiger partial charge in [-0.3, -0.25) is 0 Å². The molecule has 0 spiro atoms. The van der Waals surface area contributed by atoms with Crippen molar-refractivity contribution in [1.29, 1.82) is 0 Å². The third-order valence-electron chi connectivity index (χ3n) is 4.72. The number of hydrogen-bond donors (Lipinski definition) is 2. The summed E-state index contributed by atoms with van der Waals surface area (Å²) < 4.78 is 25.1. The normalized spacial score (nSPS) is 10.9. The van der Waals surface area contributed by atoms with Crippen LogP contribution in [0.4, 0.5) is 20.7 Å². The Morgan fingerprint density at radius 3 is 2.76 bits per heavy atom. The van der Waals surface area contributed by atoms with Crippen LogP contribution in [0.5, 0.6) is 5.75 Å². The molecule has 4 aromatic rings. The van der Waals surface area contributed by atoms with E-state index in [1.54, 1.807) is 45.0 Å². The Morgan fingerprint density at radius 2 is 2.00 bits per heavy atom. The molecule has 0 fully saturated rings. The summed E-state index contributed by atoms with van der Waals surface area (Å²) in [6.45, 7) is 5.75. The molecule has 7 nitrogen and oxygen atoms in total. The van der Waals surface area contributed by atoms with Crippen molar-refractivity contribution in [3.8, 4) is 17.6 Å². The van der Waals surface area contributed by atoms with Gasteiger partial charge in [-0.2, -0.15) is 0 Å². The largest absolute Gasteiger partial charge is 0.487 e. The van der Waals surface area contributed by atoms with Crippen LogP contribution in [0.25, 0.3) is 10.2 Å². The van der Waals surface area contributed by atoms with Crippen molar-refractivity contribution >= 4 is 50.8 Å². The molecule has 0 aliphatic rings. The summed E-state index contributed by atoms with van der Waals surface area (Å²) in [5.41, 5.74) is 1.60. The zero-order chi connectivity index (χ0) is 26.4. The number of amides is 1. The summed E-state index contributed by atoms with van der Waals surface area (Å²) >= 11 is 7.85. The average Bonchev–Trinajstić information content (AvgIpc) is 3.24. The third kappa shape index (κ3) is 7.56. The topological polar surface area (TPSA) is 85.4 Å². The molecule has 0 radical (unpaired) electrons. The van der Waals surface area contributed by atoms with Gasteiger partial charge in [0.1, 0.15) is 30.1 Å². The summed E-state index contributed by atoms with van der Waals surface area (Å²) in [4.78, 5) is 21.2. The van der Waals surface area contributed by atoms with Crippen LogP contribution in [0.2, 0.25) is 5.02 Å². The number of nitrogens with one attached hydrogen (secondary N) is 2. The lowest BCUT2D eigenvalue weighted by molar-refractivity contribution is 0.0535. The van der Waals surface area contributed by atoms with Crippen LogP contribution in [-0.2, 0) is 11.3 Å². The van der Waals surface area contributed by atoms with Crippen LogP contribution in [0.1, 0.15) is 31.2 Å². The minimum absolute atomic E-state index is 0.159. The Morgan fingerprint density at radius 1 is 1.16 bits per heavy atom. The summed E-state index contributed by atoms with van der Waals surface area (Å²) in [5, 5.41) is 6.27. The molecule has 37 heavy (non-hydrogen) atoms. The van der Waals surface area contributed by atoms with E-state index < -0.39 is 11.7 Å². The fourth-order valence-corrected chi connectivity index (χ4v) is 4.35. The zero-order valence-corrected chi connectivity index (χ0v) is 22.0. The lowest BCUT2D eigenvalue weighted by Gasteiger charge is -2.18. The molecule has 4 rings (SSSR count). The molecule has 2 aromatic carbocycles. The molecule has 2 heterocycles. The van der Waals surface area contributed by atoms with Crippen LogP contribution in [-0.4, -0.2) is 28.2 Å². The minimum atomic E-state index is -0.564. The van der Waals surface area contributed by atoms with Gasteiger partial charge in [-0.25, -0.2) is 19.2 Å². The molecule has 10 heteroatoms. The lowest BCUT2D eigenvalue weighted by atomic mass is 10.2. The third-order valence-corrected chi connectivity index (χ3v) is 6.06. The first-order valence-corrected chi connectivity index (χ1v) is 12.5. The fraction of sp³-hybridized carbons (Fsp3) is 0.222. The Bertz CT molecular complexity index is 1490. The number of hydrogen-bond acceptors (Lipinski definition) is 7. The van der Waals surface area contributed by atoms with E-state index in [0.29, 0.717) is 27.8 Å². The summed E-state index contributed by atoms with van der Waals surface area (Å²) in [6, 6.07) is 13.4. The van der Waals surface area contributed by atoms with E-state index in [1.807, 2.05) is 12.1 Å². The first-order valence-electron chi connectivity index (χ1n) is 11.3. The number of fused-ring (bicyclic) bond motifs is 1. The number of carbonyl (C=O) groups excluding carboxylic acids is 1. The molecule has 0 saturated carbocycles. The van der Waals surface area contributed by atoms with Gasteiger partial charge in [0.05, 0.1) is 26.7 Å². The SMILES string of the molecule is CC(C)(C)OC(=O)NCC#Cc1cc2ncnc(Nc3ccc(OCc4cccc(F)c4)c(Cl)c3)c2s1. The average molecular weight is 539 g/mol. The Labute approximate surface area is 223 Å². The predicted molar refractivity (Wildman–Crippen MR) is 144 cm³/mol. The maximum Gasteiger partial charge on any atom is 0.408 e. The van der Waals surface area contributed by atoms with Gasteiger partial charge in [-0.05, 0) is 62.7 Å². The van der Waals surface area contributed by atoms with E-state index >= 15 is 0 Å². The van der Waals surface area contributed by atoms with Crippen LogP contribution in [0.15, 0.2) is 54.9 Å². The molecule has 1 amide bonds. The second kappa shape index (κ2) is 11.5. The van der Waals surface area contributed by atoms with E-state index in [1.165, 1.54) is 29.8 Å². The number of nitrogens with zero attached hydrogens (tertiary/aromatic N) is 2. The van der Waals surface area contributed by atoms with Gasteiger partial charge in [0.25, 0.3) is 0 Å². The number of anilines is 2. The van der Waals surface area contributed by atoms with E-state index in [9.17, 15) is 9.18 Å². The van der Waals surface area contributed by atoms with E-state index in [4.69, 9.17) is 21.1 Å². The monoisotopic (exact) mass is 538 g/mol. The van der Waals surface area contributed by atoms with Crippen molar-refractivity contribution in [1.82, 2.24) is 15.3 Å². The Hall–Kier alpha value is -3.87. The maximum absolute atomic E-state index is 13.4. The number of alkyl carbamates (subject to hydrolysis) is 1. The number of aromatic nitrogens is 2. The van der Waals surface area contributed by atoms with Crippen molar-refractivity contribution < 1.29 is 18.7 Å². The van der Waals surface area contributed by atoms with Crippen molar-refractivity contribution in [2.75, 3.05) is 11.9 Å². The number of rotatable bonds is 6. The van der Waals surface area contributed by atoms with Crippen LogP contribution in [0.3, 0.4) is 0 Å². The first-order chi connectivity index (χ1) is 17.7. The van der Waals surface area contributed by atoms with E-state index in [-0.39, 0.29) is 19.0 Å². The van der Waals surface area contributed by atoms with Crippen LogP contribution >= 0.6 is 22.9 Å². The van der Waals surface area contributed by atoms with Crippen LogP contribution in [0, 0.1) is 17.7 Å². The van der Waals surface area contributed by atoms with Crippen molar-refractivity contribution in [2.24, 2.45) is 0 Å².